The molecule has 1 aliphatic rings. The highest BCUT2D eigenvalue weighted by Gasteiger charge is 2.31. The number of rotatable bonds is 0. The average Bonchev–Trinajstić information content (AvgIpc) is 2.36. The van der Waals surface area contributed by atoms with Crippen LogP contribution in [0, 0.1) is 0 Å². The molecule has 0 N–H and O–H groups in total. The number of hydrogen-bond acceptors (Lipinski definition) is 2. The first-order valence-corrected chi connectivity index (χ1v) is 4.41. The van der Waals surface area contributed by atoms with Crippen molar-refractivity contribution in [1.82, 2.24) is 0 Å². The van der Waals surface area contributed by atoms with Crippen LogP contribution in [-0.4, -0.2) is 11.6 Å². The Morgan fingerprint density at radius 2 is 1.31 bits per heavy atom. The van der Waals surface area contributed by atoms with Crippen molar-refractivity contribution < 1.29 is 9.59 Å². The molecule has 0 saturated carbocycles. The smallest absolute Gasteiger partial charge is 0.172 e. The molecular weight excluding hydrogens is 211 g/mol. The number of fused-ring (bicyclic) bond motifs is 1. The summed E-state index contributed by atoms with van der Waals surface area (Å²) in [7, 11) is 0. The normalized spacial score (nSPS) is 14.9. The number of hydrogen-bond donors (Lipinski definition) is 0. The van der Waals surface area contributed by atoms with Crippen LogP contribution in [0.15, 0.2) is 12.1 Å². The van der Waals surface area contributed by atoms with Crippen LogP contribution in [0.3, 0.4) is 0 Å². The summed E-state index contributed by atoms with van der Waals surface area (Å²) in [4.78, 5) is 22.6. The molecule has 0 fully saturated rings. The van der Waals surface area contributed by atoms with Crippen LogP contribution in [-0.2, 0) is 0 Å². The molecule has 0 spiro atoms. The quantitative estimate of drug-likeness (QED) is 0.623. The van der Waals surface area contributed by atoms with Crippen LogP contribution >= 0.6 is 23.2 Å². The molecule has 0 saturated heterocycles. The lowest BCUT2D eigenvalue weighted by atomic mass is 10.1. The van der Waals surface area contributed by atoms with Gasteiger partial charge in [0.25, 0.3) is 0 Å². The van der Waals surface area contributed by atoms with E-state index in [1.807, 2.05) is 0 Å². The maximum absolute atomic E-state index is 11.3. The van der Waals surface area contributed by atoms with Gasteiger partial charge in [0, 0.05) is 11.1 Å². The molecule has 2 nitrogen and oxygen atoms in total. The van der Waals surface area contributed by atoms with Crippen LogP contribution < -0.4 is 0 Å². The first-order valence-electron chi connectivity index (χ1n) is 3.65. The van der Waals surface area contributed by atoms with Gasteiger partial charge in [-0.25, -0.2) is 0 Å². The van der Waals surface area contributed by atoms with E-state index in [4.69, 9.17) is 23.2 Å². The van der Waals surface area contributed by atoms with Crippen LogP contribution in [0.4, 0.5) is 0 Å². The van der Waals surface area contributed by atoms with Gasteiger partial charge in [-0.3, -0.25) is 9.59 Å². The predicted octanol–water partition coefficient (Wildman–Crippen LogP) is 2.76. The number of benzene rings is 1. The van der Waals surface area contributed by atoms with Crippen molar-refractivity contribution >= 4 is 34.8 Å². The molecule has 0 aromatic heterocycles. The van der Waals surface area contributed by atoms with E-state index < -0.39 is 0 Å². The Balaban J connectivity index is 2.81. The lowest BCUT2D eigenvalue weighted by Gasteiger charge is -2.00. The summed E-state index contributed by atoms with van der Waals surface area (Å²) in [6.07, 6.45) is -0.112. The third-order valence-corrected chi connectivity index (χ3v) is 2.61. The monoisotopic (exact) mass is 214 g/mol. The summed E-state index contributed by atoms with van der Waals surface area (Å²) in [6.45, 7) is 0. The standard InChI is InChI=1S/C9H4Cl2O2/c10-4-1-2-5(11)9-7(13)3-6(12)8(4)9/h1-2H,3H2. The molecule has 13 heavy (non-hydrogen) atoms. The van der Waals surface area contributed by atoms with Gasteiger partial charge >= 0.3 is 0 Å². The second-order valence-electron chi connectivity index (χ2n) is 2.80. The van der Waals surface area contributed by atoms with Crippen LogP contribution in [0.2, 0.25) is 10.0 Å². The van der Waals surface area contributed by atoms with Crippen molar-refractivity contribution in [3.63, 3.8) is 0 Å². The SMILES string of the molecule is O=C1CC(=O)c2c(Cl)ccc(Cl)c21. The van der Waals surface area contributed by atoms with Crippen molar-refractivity contribution in [2.45, 2.75) is 6.42 Å². The molecule has 0 atom stereocenters. The highest BCUT2D eigenvalue weighted by Crippen LogP contribution is 2.33. The summed E-state index contributed by atoms with van der Waals surface area (Å²) in [5, 5.41) is 0.602. The fraction of sp³-hybridized carbons (Fsp3) is 0.111. The van der Waals surface area contributed by atoms with E-state index >= 15 is 0 Å². The Labute approximate surface area is 84.4 Å². The minimum atomic E-state index is -0.243. The van der Waals surface area contributed by atoms with Crippen molar-refractivity contribution in [3.8, 4) is 0 Å². The largest absolute Gasteiger partial charge is 0.294 e. The highest BCUT2D eigenvalue weighted by molar-refractivity contribution is 6.42. The number of halogens is 2. The van der Waals surface area contributed by atoms with Gasteiger partial charge < -0.3 is 0 Å². The van der Waals surface area contributed by atoms with E-state index in [-0.39, 0.29) is 29.1 Å². The summed E-state index contributed by atoms with van der Waals surface area (Å²) in [6, 6.07) is 3.05. The van der Waals surface area contributed by atoms with Crippen LogP contribution in [0.5, 0.6) is 0 Å². The minimum absolute atomic E-state index is 0.112. The zero-order valence-corrected chi connectivity index (χ0v) is 7.95. The molecule has 0 heterocycles. The Bertz CT molecular complexity index is 385. The summed E-state index contributed by atoms with van der Waals surface area (Å²) in [5.41, 5.74) is 0.554. The number of Topliss-reactive ketones (excluding diaryl/α,β-unsaturated/α-hetero) is 2. The summed E-state index contributed by atoms with van der Waals surface area (Å²) >= 11 is 11.5. The van der Waals surface area contributed by atoms with Gasteiger partial charge in [-0.2, -0.15) is 0 Å². The van der Waals surface area contributed by atoms with Gasteiger partial charge in [-0.15, -0.1) is 0 Å². The minimum Gasteiger partial charge on any atom is -0.294 e. The third-order valence-electron chi connectivity index (χ3n) is 1.98. The highest BCUT2D eigenvalue weighted by atomic mass is 35.5. The molecule has 0 radical (unpaired) electrons. The second kappa shape index (κ2) is 2.82. The number of carbonyl (C=O) groups is 2. The topological polar surface area (TPSA) is 34.1 Å². The summed E-state index contributed by atoms with van der Waals surface area (Å²) in [5.74, 6) is -0.486. The predicted molar refractivity (Wildman–Crippen MR) is 49.7 cm³/mol. The fourth-order valence-electron chi connectivity index (χ4n) is 1.42. The Hall–Kier alpha value is -0.860. The molecule has 2 rings (SSSR count). The van der Waals surface area contributed by atoms with E-state index in [0.29, 0.717) is 10.0 Å². The Kier molecular flexibility index (Phi) is 1.90. The molecule has 1 aliphatic carbocycles. The van der Waals surface area contributed by atoms with Crippen LogP contribution in [0.25, 0.3) is 0 Å². The van der Waals surface area contributed by atoms with Gasteiger partial charge in [0.2, 0.25) is 0 Å². The lowest BCUT2D eigenvalue weighted by molar-refractivity contribution is 0.0923. The molecule has 1 aromatic rings. The van der Waals surface area contributed by atoms with Gasteiger partial charge in [0.05, 0.1) is 16.5 Å². The zero-order valence-electron chi connectivity index (χ0n) is 6.43. The van der Waals surface area contributed by atoms with E-state index in [1.54, 1.807) is 0 Å². The molecular formula is C9H4Cl2O2. The third kappa shape index (κ3) is 1.18. The van der Waals surface area contributed by atoms with E-state index in [1.165, 1.54) is 12.1 Å². The van der Waals surface area contributed by atoms with Crippen molar-refractivity contribution in [2.24, 2.45) is 0 Å². The maximum atomic E-state index is 11.3. The van der Waals surface area contributed by atoms with Crippen molar-refractivity contribution in [1.29, 1.82) is 0 Å². The van der Waals surface area contributed by atoms with E-state index in [9.17, 15) is 9.59 Å². The van der Waals surface area contributed by atoms with Gasteiger partial charge in [-0.1, -0.05) is 23.2 Å². The molecule has 1 aromatic carbocycles. The summed E-state index contributed by atoms with van der Waals surface area (Å²) < 4.78 is 0. The van der Waals surface area contributed by atoms with Crippen molar-refractivity contribution in [3.05, 3.63) is 33.3 Å². The second-order valence-corrected chi connectivity index (χ2v) is 3.62. The fourth-order valence-corrected chi connectivity index (χ4v) is 1.95. The van der Waals surface area contributed by atoms with Crippen LogP contribution in [0.1, 0.15) is 27.1 Å². The van der Waals surface area contributed by atoms with Gasteiger partial charge in [-0.05, 0) is 12.1 Å². The molecule has 0 amide bonds. The van der Waals surface area contributed by atoms with Gasteiger partial charge in [0.15, 0.2) is 11.6 Å². The number of carbonyl (C=O) groups excluding carboxylic acids is 2. The first-order chi connectivity index (χ1) is 6.11. The molecule has 0 unspecified atom stereocenters. The zero-order chi connectivity index (χ0) is 9.59. The number of ketones is 2. The Morgan fingerprint density at radius 1 is 0.923 bits per heavy atom. The molecule has 0 bridgehead atoms. The molecule has 4 heteroatoms. The molecule has 66 valence electrons. The Morgan fingerprint density at radius 3 is 1.69 bits per heavy atom. The van der Waals surface area contributed by atoms with Crippen molar-refractivity contribution in [2.75, 3.05) is 0 Å². The van der Waals surface area contributed by atoms with Gasteiger partial charge in [0.1, 0.15) is 0 Å². The first kappa shape index (κ1) is 8.73. The van der Waals surface area contributed by atoms with E-state index in [0.717, 1.165) is 0 Å². The maximum Gasteiger partial charge on any atom is 0.172 e. The average molecular weight is 215 g/mol. The van der Waals surface area contributed by atoms with E-state index in [2.05, 4.69) is 0 Å². The lowest BCUT2D eigenvalue weighted by Crippen LogP contribution is -1.92. The molecule has 0 aliphatic heterocycles.